The number of halogens is 1. The van der Waals surface area contributed by atoms with Gasteiger partial charge in [-0.1, -0.05) is 38.8 Å². The molecule has 1 aliphatic rings. The Labute approximate surface area is 192 Å². The Balaban J connectivity index is 1.71. The summed E-state index contributed by atoms with van der Waals surface area (Å²) < 4.78 is 19.1. The molecule has 1 aliphatic carbocycles. The molecule has 1 saturated carbocycles. The van der Waals surface area contributed by atoms with Gasteiger partial charge in [0.15, 0.2) is 5.82 Å². The van der Waals surface area contributed by atoms with Crippen LogP contribution in [0.15, 0.2) is 31.2 Å². The molecule has 0 radical (unpaired) electrons. The van der Waals surface area contributed by atoms with Crippen molar-refractivity contribution in [2.45, 2.75) is 58.4 Å². The monoisotopic (exact) mass is 451 g/mol. The van der Waals surface area contributed by atoms with E-state index in [0.29, 0.717) is 34.8 Å². The summed E-state index contributed by atoms with van der Waals surface area (Å²) in [5.41, 5.74) is 1.88. The summed E-state index contributed by atoms with van der Waals surface area (Å²) in [5.74, 6) is 0.374. The zero-order valence-electron chi connectivity index (χ0n) is 19.2. The number of aromatic nitrogens is 4. The fourth-order valence-corrected chi connectivity index (χ4v) is 4.68. The highest BCUT2D eigenvalue weighted by atomic mass is 19.1. The number of aromatic amines is 1. The fraction of sp³-hybridized carbons (Fsp3) is 0.440. The molecule has 174 valence electrons. The minimum absolute atomic E-state index is 0.0671. The van der Waals surface area contributed by atoms with Crippen molar-refractivity contribution in [3.05, 3.63) is 42.6 Å². The van der Waals surface area contributed by atoms with Crippen LogP contribution in [0.1, 0.15) is 57.9 Å². The molecule has 4 rings (SSSR count). The number of hydrogen-bond donors (Lipinski definition) is 2. The van der Waals surface area contributed by atoms with Crippen LogP contribution in [0.3, 0.4) is 0 Å². The Bertz CT molecular complexity index is 1150. The number of hydrogen-bond acceptors (Lipinski definition) is 6. The second-order valence-electron chi connectivity index (χ2n) is 8.87. The van der Waals surface area contributed by atoms with Gasteiger partial charge in [0.1, 0.15) is 17.3 Å². The van der Waals surface area contributed by atoms with Crippen LogP contribution in [0.4, 0.5) is 10.2 Å². The summed E-state index contributed by atoms with van der Waals surface area (Å²) in [6, 6.07) is 1.26. The third kappa shape index (κ3) is 4.89. The average molecular weight is 452 g/mol. The number of nitrogens with zero attached hydrogens (tertiary/aromatic N) is 3. The smallest absolute Gasteiger partial charge is 0.307 e. The number of esters is 1. The number of pyridine rings is 1. The minimum atomic E-state index is -0.427. The molecule has 0 aliphatic heterocycles. The van der Waals surface area contributed by atoms with E-state index in [1.165, 1.54) is 18.7 Å². The van der Waals surface area contributed by atoms with Gasteiger partial charge >= 0.3 is 5.97 Å². The molecule has 1 unspecified atom stereocenters. The Kier molecular flexibility index (Phi) is 6.72. The number of ether oxygens (including phenoxy) is 1. The zero-order chi connectivity index (χ0) is 23.4. The normalized spacial score (nSPS) is 16.3. The molecule has 0 spiro atoms. The van der Waals surface area contributed by atoms with Gasteiger partial charge in [-0.3, -0.25) is 4.79 Å². The van der Waals surface area contributed by atoms with Crippen LogP contribution in [0.25, 0.3) is 28.5 Å². The van der Waals surface area contributed by atoms with Crippen molar-refractivity contribution in [1.29, 1.82) is 0 Å². The number of carbonyl (C=O) groups excluding carboxylic acids is 1. The Hall–Kier alpha value is -3.29. The molecule has 1 atom stereocenters. The average Bonchev–Trinajstić information content (AvgIpc) is 3.22. The summed E-state index contributed by atoms with van der Waals surface area (Å²) in [6.07, 6.45) is 12.1. The van der Waals surface area contributed by atoms with Crippen LogP contribution in [-0.4, -0.2) is 38.6 Å². The molecule has 1 fully saturated rings. The van der Waals surface area contributed by atoms with Crippen LogP contribution < -0.4 is 5.32 Å². The fourth-order valence-electron chi connectivity index (χ4n) is 4.68. The predicted molar refractivity (Wildman–Crippen MR) is 127 cm³/mol. The molecule has 0 bridgehead atoms. The van der Waals surface area contributed by atoms with Gasteiger partial charge < -0.3 is 15.0 Å². The SMILES string of the molecule is C=Cc1cnc(-c2c[nH]c3ncc(F)cc23)nc1NC(CC(=O)OCC)C1(C)CCCCC1. The quantitative estimate of drug-likeness (QED) is 0.439. The molecule has 8 heteroatoms. The lowest BCUT2D eigenvalue weighted by Crippen LogP contribution is -2.42. The maximum atomic E-state index is 13.8. The number of fused-ring (bicyclic) bond motifs is 1. The van der Waals surface area contributed by atoms with Gasteiger partial charge in [-0.05, 0) is 31.2 Å². The van der Waals surface area contributed by atoms with E-state index in [-0.39, 0.29) is 23.8 Å². The molecule has 3 heterocycles. The molecule has 3 aromatic heterocycles. The van der Waals surface area contributed by atoms with E-state index in [9.17, 15) is 9.18 Å². The number of carbonyl (C=O) groups is 1. The predicted octanol–water partition coefficient (Wildman–Crippen LogP) is 5.51. The Morgan fingerprint density at radius 3 is 2.85 bits per heavy atom. The largest absolute Gasteiger partial charge is 0.466 e. The van der Waals surface area contributed by atoms with E-state index in [4.69, 9.17) is 9.72 Å². The summed E-state index contributed by atoms with van der Waals surface area (Å²) in [4.78, 5) is 28.8. The van der Waals surface area contributed by atoms with E-state index >= 15 is 0 Å². The zero-order valence-corrected chi connectivity index (χ0v) is 19.2. The van der Waals surface area contributed by atoms with Gasteiger partial charge in [0.05, 0.1) is 19.2 Å². The first-order valence-corrected chi connectivity index (χ1v) is 11.5. The second-order valence-corrected chi connectivity index (χ2v) is 8.87. The number of nitrogens with one attached hydrogen (secondary N) is 2. The van der Waals surface area contributed by atoms with Crippen LogP contribution in [0.2, 0.25) is 0 Å². The van der Waals surface area contributed by atoms with Gasteiger partial charge in [0.25, 0.3) is 0 Å². The van der Waals surface area contributed by atoms with E-state index in [2.05, 4.69) is 33.8 Å². The number of H-pyrrole nitrogens is 1. The summed E-state index contributed by atoms with van der Waals surface area (Å²) >= 11 is 0. The third-order valence-corrected chi connectivity index (χ3v) is 6.60. The van der Waals surface area contributed by atoms with Gasteiger partial charge in [-0.25, -0.2) is 19.3 Å². The second kappa shape index (κ2) is 9.68. The maximum absolute atomic E-state index is 13.8. The molecule has 7 nitrogen and oxygen atoms in total. The number of anilines is 1. The van der Waals surface area contributed by atoms with Crippen LogP contribution in [0, 0.1) is 11.2 Å². The highest BCUT2D eigenvalue weighted by molar-refractivity contribution is 5.91. The molecule has 33 heavy (non-hydrogen) atoms. The van der Waals surface area contributed by atoms with Crippen LogP contribution in [-0.2, 0) is 9.53 Å². The summed E-state index contributed by atoms with van der Waals surface area (Å²) in [5, 5.41) is 4.14. The van der Waals surface area contributed by atoms with Crippen molar-refractivity contribution in [1.82, 2.24) is 19.9 Å². The summed E-state index contributed by atoms with van der Waals surface area (Å²) in [7, 11) is 0. The van der Waals surface area contributed by atoms with E-state index in [0.717, 1.165) is 31.2 Å². The first-order valence-electron chi connectivity index (χ1n) is 11.5. The van der Waals surface area contributed by atoms with E-state index < -0.39 is 5.82 Å². The van der Waals surface area contributed by atoms with Gasteiger partial charge in [0, 0.05) is 34.9 Å². The van der Waals surface area contributed by atoms with Crippen molar-refractivity contribution < 1.29 is 13.9 Å². The van der Waals surface area contributed by atoms with Crippen molar-refractivity contribution in [3.8, 4) is 11.4 Å². The lowest BCUT2D eigenvalue weighted by Gasteiger charge is -2.41. The van der Waals surface area contributed by atoms with E-state index in [1.807, 2.05) is 6.92 Å². The van der Waals surface area contributed by atoms with Crippen LogP contribution >= 0.6 is 0 Å². The topological polar surface area (TPSA) is 92.8 Å². The molecular formula is C25H30FN5O2. The number of rotatable bonds is 8. The Morgan fingerprint density at radius 2 is 2.12 bits per heavy atom. The lowest BCUT2D eigenvalue weighted by molar-refractivity contribution is -0.144. The Morgan fingerprint density at radius 1 is 1.33 bits per heavy atom. The minimum Gasteiger partial charge on any atom is -0.466 e. The molecule has 0 aromatic carbocycles. The highest BCUT2D eigenvalue weighted by Crippen LogP contribution is 2.41. The van der Waals surface area contributed by atoms with Crippen LogP contribution in [0.5, 0.6) is 0 Å². The standard InChI is InChI=1S/C25H30FN5O2/c1-4-16-13-27-24(19-15-29-23-18(19)11-17(26)14-28-23)31-22(16)30-20(12-21(32)33-5-2)25(3)9-7-6-8-10-25/h4,11,13-15,20H,1,5-10,12H2,2-3H3,(H,28,29)(H,27,30,31). The molecule has 2 N–H and O–H groups in total. The third-order valence-electron chi connectivity index (χ3n) is 6.60. The first kappa shape index (κ1) is 22.9. The molecule has 3 aromatic rings. The van der Waals surface area contributed by atoms with Gasteiger partial charge in [0.2, 0.25) is 0 Å². The van der Waals surface area contributed by atoms with Gasteiger partial charge in [-0.2, -0.15) is 0 Å². The lowest BCUT2D eigenvalue weighted by atomic mass is 9.69. The maximum Gasteiger partial charge on any atom is 0.307 e. The first-order chi connectivity index (χ1) is 15.9. The molecule has 0 saturated heterocycles. The van der Waals surface area contributed by atoms with E-state index in [1.54, 1.807) is 18.5 Å². The van der Waals surface area contributed by atoms with Crippen molar-refractivity contribution in [2.24, 2.45) is 5.41 Å². The highest BCUT2D eigenvalue weighted by Gasteiger charge is 2.37. The van der Waals surface area contributed by atoms with Crippen molar-refractivity contribution >= 4 is 28.9 Å². The summed E-state index contributed by atoms with van der Waals surface area (Å²) in [6.45, 7) is 8.29. The van der Waals surface area contributed by atoms with Crippen molar-refractivity contribution in [2.75, 3.05) is 11.9 Å². The molecular weight excluding hydrogens is 421 g/mol. The van der Waals surface area contributed by atoms with Crippen molar-refractivity contribution in [3.63, 3.8) is 0 Å². The molecule has 0 amide bonds. The van der Waals surface area contributed by atoms with Gasteiger partial charge in [-0.15, -0.1) is 0 Å².